The normalized spacial score (nSPS) is 17.5. The summed E-state index contributed by atoms with van der Waals surface area (Å²) in [5.74, 6) is -0.135. The van der Waals surface area contributed by atoms with Gasteiger partial charge in [0.15, 0.2) is 0 Å². The Labute approximate surface area is 154 Å². The molecule has 2 N–H and O–H groups in total. The van der Waals surface area contributed by atoms with Crippen LogP contribution in [0, 0.1) is 13.8 Å². The molecule has 1 fully saturated rings. The minimum Gasteiger partial charge on any atom is -0.307 e. The molecular weight excluding hydrogens is 342 g/mol. The van der Waals surface area contributed by atoms with Crippen LogP contribution in [0.1, 0.15) is 36.5 Å². The lowest BCUT2D eigenvalue weighted by molar-refractivity contribution is -0.242. The van der Waals surface area contributed by atoms with Gasteiger partial charge in [-0.2, -0.15) is 5.06 Å². The van der Waals surface area contributed by atoms with Crippen molar-refractivity contribution in [2.24, 2.45) is 5.73 Å². The van der Waals surface area contributed by atoms with Crippen LogP contribution in [0.3, 0.4) is 0 Å². The standard InChI is InChI=1S/C18H28ClN3O3/c1-5-25-22(18(20)6-8-21(24-4)9-7-18)17(23)12-16-13(2)10-15(19)11-14(16)3/h10-11H,5-9,12,20H2,1-4H3. The molecule has 0 atom stereocenters. The number of carbonyl (C=O) groups is 1. The number of aryl methyl sites for hydroxylation is 2. The van der Waals surface area contributed by atoms with Crippen molar-refractivity contribution < 1.29 is 14.5 Å². The van der Waals surface area contributed by atoms with Crippen LogP contribution in [0.15, 0.2) is 12.1 Å². The Balaban J connectivity index is 2.18. The predicted molar refractivity (Wildman–Crippen MR) is 97.8 cm³/mol. The van der Waals surface area contributed by atoms with Gasteiger partial charge in [0.1, 0.15) is 5.66 Å². The second-order valence-electron chi connectivity index (χ2n) is 6.52. The number of benzene rings is 1. The maximum Gasteiger partial charge on any atom is 0.252 e. The van der Waals surface area contributed by atoms with Gasteiger partial charge in [0.2, 0.25) is 0 Å². The molecule has 0 unspecified atom stereocenters. The Morgan fingerprint density at radius 1 is 1.32 bits per heavy atom. The van der Waals surface area contributed by atoms with Crippen molar-refractivity contribution in [1.29, 1.82) is 0 Å². The maximum atomic E-state index is 13.0. The number of nitrogens with zero attached hydrogens (tertiary/aromatic N) is 2. The first kappa shape index (κ1) is 20.1. The van der Waals surface area contributed by atoms with Gasteiger partial charge in [-0.3, -0.25) is 9.63 Å². The molecule has 0 spiro atoms. The third-order valence-electron chi connectivity index (χ3n) is 4.72. The predicted octanol–water partition coefficient (Wildman–Crippen LogP) is 2.59. The minimum atomic E-state index is -0.823. The molecule has 6 nitrogen and oxygen atoms in total. The number of rotatable bonds is 6. The van der Waals surface area contributed by atoms with Crippen LogP contribution >= 0.6 is 11.6 Å². The van der Waals surface area contributed by atoms with Gasteiger partial charge in [0.05, 0.1) is 20.1 Å². The Morgan fingerprint density at radius 3 is 2.36 bits per heavy atom. The van der Waals surface area contributed by atoms with Crippen molar-refractivity contribution in [2.75, 3.05) is 26.8 Å². The first-order chi connectivity index (χ1) is 11.8. The van der Waals surface area contributed by atoms with E-state index < -0.39 is 5.66 Å². The monoisotopic (exact) mass is 369 g/mol. The van der Waals surface area contributed by atoms with Crippen molar-refractivity contribution in [2.45, 2.75) is 45.7 Å². The zero-order valence-corrected chi connectivity index (χ0v) is 16.2. The van der Waals surface area contributed by atoms with E-state index in [0.29, 0.717) is 37.6 Å². The van der Waals surface area contributed by atoms with Gasteiger partial charge in [-0.15, -0.1) is 0 Å². The van der Waals surface area contributed by atoms with Gasteiger partial charge < -0.3 is 10.6 Å². The van der Waals surface area contributed by atoms with Crippen molar-refractivity contribution in [3.63, 3.8) is 0 Å². The average molecular weight is 370 g/mol. The summed E-state index contributed by atoms with van der Waals surface area (Å²) in [4.78, 5) is 23.9. The molecule has 7 heteroatoms. The van der Waals surface area contributed by atoms with Gasteiger partial charge in [-0.25, -0.2) is 5.06 Å². The van der Waals surface area contributed by atoms with E-state index in [2.05, 4.69) is 0 Å². The molecule has 0 saturated carbocycles. The summed E-state index contributed by atoms with van der Waals surface area (Å²) in [5, 5.41) is 3.90. The molecule has 0 aromatic heterocycles. The molecule has 1 aliphatic heterocycles. The fraction of sp³-hybridized carbons (Fsp3) is 0.611. The van der Waals surface area contributed by atoms with Gasteiger partial charge in [0.25, 0.3) is 5.91 Å². The molecule has 1 saturated heterocycles. The molecule has 2 rings (SSSR count). The van der Waals surface area contributed by atoms with Crippen molar-refractivity contribution in [3.8, 4) is 0 Å². The van der Waals surface area contributed by atoms with Crippen LogP contribution in [0.25, 0.3) is 0 Å². The highest BCUT2D eigenvalue weighted by Crippen LogP contribution is 2.27. The summed E-state index contributed by atoms with van der Waals surface area (Å²) < 4.78 is 0. The van der Waals surface area contributed by atoms with Crippen molar-refractivity contribution in [3.05, 3.63) is 33.8 Å². The molecule has 0 bridgehead atoms. The number of halogens is 1. The lowest BCUT2D eigenvalue weighted by Gasteiger charge is -2.44. The van der Waals surface area contributed by atoms with Crippen molar-refractivity contribution >= 4 is 17.5 Å². The van der Waals surface area contributed by atoms with Gasteiger partial charge in [-0.05, 0) is 49.6 Å². The Hall–Kier alpha value is -1.18. The van der Waals surface area contributed by atoms with Crippen LogP contribution in [-0.2, 0) is 20.9 Å². The summed E-state index contributed by atoms with van der Waals surface area (Å²) in [5.41, 5.74) is 8.68. The molecular formula is C18H28ClN3O3. The van der Waals surface area contributed by atoms with Crippen LogP contribution in [0.5, 0.6) is 0 Å². The zero-order valence-electron chi connectivity index (χ0n) is 15.5. The smallest absolute Gasteiger partial charge is 0.252 e. The molecule has 1 amide bonds. The molecule has 1 aromatic carbocycles. The van der Waals surface area contributed by atoms with Crippen LogP contribution in [0.2, 0.25) is 5.02 Å². The van der Waals surface area contributed by atoms with Gasteiger partial charge in [-0.1, -0.05) is 11.6 Å². The Kier molecular flexibility index (Phi) is 6.82. The van der Waals surface area contributed by atoms with E-state index in [1.807, 2.05) is 38.0 Å². The first-order valence-corrected chi connectivity index (χ1v) is 8.98. The lowest BCUT2D eigenvalue weighted by atomic mass is 9.96. The average Bonchev–Trinajstić information content (AvgIpc) is 2.56. The highest BCUT2D eigenvalue weighted by molar-refractivity contribution is 6.30. The van der Waals surface area contributed by atoms with E-state index in [0.717, 1.165) is 16.7 Å². The molecule has 1 heterocycles. The molecule has 0 radical (unpaired) electrons. The maximum absolute atomic E-state index is 13.0. The van der Waals surface area contributed by atoms with Gasteiger partial charge in [0, 0.05) is 31.0 Å². The topological polar surface area (TPSA) is 68.0 Å². The fourth-order valence-electron chi connectivity index (χ4n) is 3.28. The largest absolute Gasteiger partial charge is 0.307 e. The number of amides is 1. The fourth-order valence-corrected chi connectivity index (χ4v) is 3.61. The second-order valence-corrected chi connectivity index (χ2v) is 6.95. The molecule has 0 aliphatic carbocycles. The molecule has 25 heavy (non-hydrogen) atoms. The quantitative estimate of drug-likeness (QED) is 0.616. The minimum absolute atomic E-state index is 0.135. The summed E-state index contributed by atoms with van der Waals surface area (Å²) >= 11 is 6.09. The number of hydrogen-bond acceptors (Lipinski definition) is 5. The van der Waals surface area contributed by atoms with E-state index in [1.165, 1.54) is 5.06 Å². The number of hydrogen-bond donors (Lipinski definition) is 1. The Morgan fingerprint density at radius 2 is 1.88 bits per heavy atom. The van der Waals surface area contributed by atoms with Crippen LogP contribution in [0.4, 0.5) is 0 Å². The summed E-state index contributed by atoms with van der Waals surface area (Å²) in [6.07, 6.45) is 1.41. The Bertz CT molecular complexity index is 593. The summed E-state index contributed by atoms with van der Waals surface area (Å²) in [7, 11) is 1.64. The highest BCUT2D eigenvalue weighted by Gasteiger charge is 2.40. The number of piperidine rings is 1. The van der Waals surface area contributed by atoms with Gasteiger partial charge >= 0.3 is 0 Å². The zero-order chi connectivity index (χ0) is 18.6. The molecule has 1 aliphatic rings. The highest BCUT2D eigenvalue weighted by atomic mass is 35.5. The third-order valence-corrected chi connectivity index (χ3v) is 4.94. The lowest BCUT2D eigenvalue weighted by Crippen LogP contribution is -2.63. The second kappa shape index (κ2) is 8.47. The van der Waals surface area contributed by atoms with E-state index in [-0.39, 0.29) is 12.3 Å². The van der Waals surface area contributed by atoms with E-state index >= 15 is 0 Å². The summed E-state index contributed by atoms with van der Waals surface area (Å²) in [6.45, 7) is 7.47. The SMILES string of the molecule is CCON(C(=O)Cc1c(C)cc(Cl)cc1C)C1(N)CCN(OC)CC1. The van der Waals surface area contributed by atoms with E-state index in [9.17, 15) is 4.79 Å². The number of hydroxylamine groups is 4. The first-order valence-electron chi connectivity index (χ1n) is 8.60. The third kappa shape index (κ3) is 4.71. The van der Waals surface area contributed by atoms with Crippen molar-refractivity contribution in [1.82, 2.24) is 10.1 Å². The molecule has 140 valence electrons. The molecule has 1 aromatic rings. The van der Waals surface area contributed by atoms with Crippen LogP contribution < -0.4 is 5.73 Å². The van der Waals surface area contributed by atoms with E-state index in [1.54, 1.807) is 7.11 Å². The summed E-state index contributed by atoms with van der Waals surface area (Å²) in [6, 6.07) is 3.74. The number of nitrogens with two attached hydrogens (primary N) is 1. The van der Waals surface area contributed by atoms with E-state index in [4.69, 9.17) is 27.0 Å². The van der Waals surface area contributed by atoms with Crippen LogP contribution in [-0.4, -0.2) is 48.5 Å². The number of carbonyl (C=O) groups excluding carboxylic acids is 1.